The van der Waals surface area contributed by atoms with Crippen LogP contribution in [0.2, 0.25) is 0 Å². The summed E-state index contributed by atoms with van der Waals surface area (Å²) in [7, 11) is 0. The monoisotopic (exact) mass is 322 g/mol. The lowest BCUT2D eigenvalue weighted by Crippen LogP contribution is -2.40. The van der Waals surface area contributed by atoms with Gasteiger partial charge in [-0.05, 0) is 6.07 Å². The van der Waals surface area contributed by atoms with Crippen LogP contribution in [0.1, 0.15) is 42.3 Å². The normalized spacial score (nSPS) is 16.6. The maximum Gasteiger partial charge on any atom is 0.255 e. The van der Waals surface area contributed by atoms with Gasteiger partial charge in [-0.2, -0.15) is 0 Å². The lowest BCUT2D eigenvalue weighted by atomic mass is 9.86. The molecule has 2 aromatic rings. The molecule has 0 atom stereocenters. The van der Waals surface area contributed by atoms with Crippen molar-refractivity contribution in [2.24, 2.45) is 0 Å². The predicted octanol–water partition coefficient (Wildman–Crippen LogP) is 1.33. The molecule has 1 aliphatic carbocycles. The first kappa shape index (κ1) is 14.7. The molecule has 2 heterocycles. The number of carbonyl (C=O) groups excluding carboxylic acids is 3. The standard InChI is InChI=1S/C18H14N2O4/c21-16-12-3-1-2-4-13(12)17(22)15-14(16)9-11(10-19-15)18(23)20-5-7-24-8-6-20/h1-4,9-10H,5-8H2. The number of benzene rings is 1. The second kappa shape index (κ2) is 5.65. The molecule has 4 rings (SSSR count). The number of ether oxygens (including phenoxy) is 1. The molecule has 0 saturated carbocycles. The average Bonchev–Trinajstić information content (AvgIpc) is 2.66. The van der Waals surface area contributed by atoms with E-state index in [9.17, 15) is 14.4 Å². The highest BCUT2D eigenvalue weighted by Gasteiger charge is 2.31. The van der Waals surface area contributed by atoms with Gasteiger partial charge in [0.15, 0.2) is 5.78 Å². The number of carbonyl (C=O) groups is 3. The van der Waals surface area contributed by atoms with Crippen LogP contribution in [0, 0.1) is 0 Å². The summed E-state index contributed by atoms with van der Waals surface area (Å²) in [6.07, 6.45) is 1.37. The summed E-state index contributed by atoms with van der Waals surface area (Å²) in [5.41, 5.74) is 1.33. The van der Waals surface area contributed by atoms with Crippen LogP contribution in [0.4, 0.5) is 0 Å². The lowest BCUT2D eigenvalue weighted by Gasteiger charge is -2.27. The summed E-state index contributed by atoms with van der Waals surface area (Å²) in [6, 6.07) is 8.15. The van der Waals surface area contributed by atoms with Crippen LogP contribution in [0.3, 0.4) is 0 Å². The Morgan fingerprint density at radius 1 is 1.00 bits per heavy atom. The number of morpholine rings is 1. The van der Waals surface area contributed by atoms with Gasteiger partial charge >= 0.3 is 0 Å². The van der Waals surface area contributed by atoms with Gasteiger partial charge in [0.25, 0.3) is 5.91 Å². The fourth-order valence-electron chi connectivity index (χ4n) is 3.04. The van der Waals surface area contributed by atoms with E-state index in [2.05, 4.69) is 4.98 Å². The van der Waals surface area contributed by atoms with E-state index in [4.69, 9.17) is 4.74 Å². The van der Waals surface area contributed by atoms with Gasteiger partial charge in [-0.3, -0.25) is 19.4 Å². The summed E-state index contributed by atoms with van der Waals surface area (Å²) in [6.45, 7) is 2.00. The minimum atomic E-state index is -0.287. The highest BCUT2D eigenvalue weighted by Crippen LogP contribution is 2.26. The van der Waals surface area contributed by atoms with Gasteiger partial charge in [0.2, 0.25) is 5.78 Å². The maximum atomic E-state index is 12.7. The van der Waals surface area contributed by atoms with Crippen molar-refractivity contribution in [1.29, 1.82) is 0 Å². The smallest absolute Gasteiger partial charge is 0.255 e. The van der Waals surface area contributed by atoms with Crippen molar-refractivity contribution in [3.05, 3.63) is 64.5 Å². The maximum absolute atomic E-state index is 12.7. The second-order valence-electron chi connectivity index (χ2n) is 5.73. The molecule has 6 heteroatoms. The summed E-state index contributed by atoms with van der Waals surface area (Å²) in [5, 5.41) is 0. The molecule has 1 saturated heterocycles. The third kappa shape index (κ3) is 2.23. The number of ketones is 2. The van der Waals surface area contributed by atoms with E-state index in [-0.39, 0.29) is 28.7 Å². The fraction of sp³-hybridized carbons (Fsp3) is 0.222. The van der Waals surface area contributed by atoms with Crippen molar-refractivity contribution >= 4 is 17.5 Å². The molecule has 0 bridgehead atoms. The molecule has 0 unspecified atom stereocenters. The lowest BCUT2D eigenvalue weighted by molar-refractivity contribution is 0.0302. The summed E-state index contributed by atoms with van der Waals surface area (Å²) >= 11 is 0. The molecular formula is C18H14N2O4. The van der Waals surface area contributed by atoms with Crippen molar-refractivity contribution in [2.45, 2.75) is 0 Å². The van der Waals surface area contributed by atoms with Crippen molar-refractivity contribution in [1.82, 2.24) is 9.88 Å². The number of nitrogens with zero attached hydrogens (tertiary/aromatic N) is 2. The Morgan fingerprint density at radius 2 is 1.67 bits per heavy atom. The molecule has 1 aliphatic heterocycles. The highest BCUT2D eigenvalue weighted by molar-refractivity contribution is 6.27. The van der Waals surface area contributed by atoms with Gasteiger partial charge in [0.05, 0.1) is 24.3 Å². The van der Waals surface area contributed by atoms with E-state index >= 15 is 0 Å². The molecule has 6 nitrogen and oxygen atoms in total. The molecule has 1 amide bonds. The van der Waals surface area contributed by atoms with E-state index in [1.54, 1.807) is 29.2 Å². The van der Waals surface area contributed by atoms with E-state index < -0.39 is 0 Å². The molecule has 1 fully saturated rings. The first-order chi connectivity index (χ1) is 11.7. The van der Waals surface area contributed by atoms with Crippen LogP contribution >= 0.6 is 0 Å². The van der Waals surface area contributed by atoms with Crippen LogP contribution in [0.5, 0.6) is 0 Å². The molecule has 1 aromatic carbocycles. The summed E-state index contributed by atoms with van der Waals surface area (Å²) in [5.74, 6) is -0.761. The number of hydrogen-bond donors (Lipinski definition) is 0. The van der Waals surface area contributed by atoms with E-state index in [1.165, 1.54) is 12.3 Å². The zero-order valence-corrected chi connectivity index (χ0v) is 12.8. The third-order valence-electron chi connectivity index (χ3n) is 4.31. The molecule has 0 spiro atoms. The topological polar surface area (TPSA) is 76.6 Å². The summed E-state index contributed by atoms with van der Waals surface area (Å²) in [4.78, 5) is 43.5. The van der Waals surface area contributed by atoms with Crippen molar-refractivity contribution in [3.63, 3.8) is 0 Å². The Bertz CT molecular complexity index is 869. The second-order valence-corrected chi connectivity index (χ2v) is 5.73. The summed E-state index contributed by atoms with van der Waals surface area (Å²) < 4.78 is 5.24. The van der Waals surface area contributed by atoms with Gasteiger partial charge < -0.3 is 9.64 Å². The average molecular weight is 322 g/mol. The van der Waals surface area contributed by atoms with Crippen LogP contribution in [0.15, 0.2) is 36.5 Å². The van der Waals surface area contributed by atoms with Gasteiger partial charge in [0.1, 0.15) is 5.69 Å². The minimum absolute atomic E-state index is 0.109. The van der Waals surface area contributed by atoms with Crippen LogP contribution in [-0.2, 0) is 4.74 Å². The first-order valence-electron chi connectivity index (χ1n) is 7.72. The third-order valence-corrected chi connectivity index (χ3v) is 4.31. The van der Waals surface area contributed by atoms with E-state index in [0.717, 1.165) is 0 Å². The first-order valence-corrected chi connectivity index (χ1v) is 7.72. The molecule has 0 radical (unpaired) electrons. The van der Waals surface area contributed by atoms with Crippen LogP contribution in [0.25, 0.3) is 0 Å². The number of fused-ring (bicyclic) bond motifs is 2. The Morgan fingerprint density at radius 3 is 2.38 bits per heavy atom. The predicted molar refractivity (Wildman–Crippen MR) is 84.3 cm³/mol. The van der Waals surface area contributed by atoms with Gasteiger partial charge in [0, 0.05) is 30.4 Å². The number of pyridine rings is 1. The molecular weight excluding hydrogens is 308 g/mol. The molecule has 0 N–H and O–H groups in total. The Kier molecular flexibility index (Phi) is 3.46. The van der Waals surface area contributed by atoms with Gasteiger partial charge in [-0.25, -0.2) is 0 Å². The molecule has 2 aliphatic rings. The Hall–Kier alpha value is -2.86. The van der Waals surface area contributed by atoms with E-state index in [1.807, 2.05) is 0 Å². The van der Waals surface area contributed by atoms with Crippen molar-refractivity contribution < 1.29 is 19.1 Å². The van der Waals surface area contributed by atoms with Gasteiger partial charge in [-0.15, -0.1) is 0 Å². The van der Waals surface area contributed by atoms with Crippen molar-refractivity contribution in [2.75, 3.05) is 26.3 Å². The molecule has 1 aromatic heterocycles. The Labute approximate surface area is 138 Å². The minimum Gasteiger partial charge on any atom is -0.378 e. The number of aromatic nitrogens is 1. The van der Waals surface area contributed by atoms with Crippen LogP contribution in [-0.4, -0.2) is 53.7 Å². The number of rotatable bonds is 1. The zero-order valence-electron chi connectivity index (χ0n) is 12.8. The van der Waals surface area contributed by atoms with E-state index in [0.29, 0.717) is 43.0 Å². The Balaban J connectivity index is 1.74. The largest absolute Gasteiger partial charge is 0.378 e. The fourth-order valence-corrected chi connectivity index (χ4v) is 3.04. The quantitative estimate of drug-likeness (QED) is 0.675. The molecule has 120 valence electrons. The SMILES string of the molecule is O=C1c2ccccc2C(=O)c2ncc(C(=O)N3CCOCC3)cc21. The number of hydrogen-bond acceptors (Lipinski definition) is 5. The van der Waals surface area contributed by atoms with Crippen molar-refractivity contribution in [3.8, 4) is 0 Å². The zero-order chi connectivity index (χ0) is 16.7. The molecule has 24 heavy (non-hydrogen) atoms. The van der Waals surface area contributed by atoms with Crippen LogP contribution < -0.4 is 0 Å². The van der Waals surface area contributed by atoms with Gasteiger partial charge in [-0.1, -0.05) is 24.3 Å². The number of amides is 1. The highest BCUT2D eigenvalue weighted by atomic mass is 16.5.